The standard InChI is InChI=1S/C31H19ClN2/c32-21-15-17-27-25(19-21)30-28(34(27)22-11-5-2-6-12-22)18-16-24-29(30)23-13-7-8-14-26(23)33-31(24)20-9-3-1-4-10-20/h1-19H. The van der Waals surface area contributed by atoms with Crippen molar-refractivity contribution < 1.29 is 0 Å². The highest BCUT2D eigenvalue weighted by molar-refractivity contribution is 6.34. The maximum absolute atomic E-state index is 6.55. The van der Waals surface area contributed by atoms with E-state index in [2.05, 4.69) is 108 Å². The van der Waals surface area contributed by atoms with E-state index in [1.807, 2.05) is 12.1 Å². The highest BCUT2D eigenvalue weighted by atomic mass is 35.5. The summed E-state index contributed by atoms with van der Waals surface area (Å²) in [5.74, 6) is 0. The fourth-order valence-corrected chi connectivity index (χ4v) is 5.37. The lowest BCUT2D eigenvalue weighted by Gasteiger charge is -2.12. The summed E-state index contributed by atoms with van der Waals surface area (Å²) in [6, 6.07) is 40.0. The van der Waals surface area contributed by atoms with E-state index >= 15 is 0 Å². The second-order valence-corrected chi connectivity index (χ2v) is 8.99. The number of benzene rings is 5. The zero-order chi connectivity index (χ0) is 22.6. The topological polar surface area (TPSA) is 17.8 Å². The first-order chi connectivity index (χ1) is 16.8. The number of nitrogens with zero attached hydrogens (tertiary/aromatic N) is 2. The number of hydrogen-bond acceptors (Lipinski definition) is 1. The molecule has 0 fully saturated rings. The zero-order valence-electron chi connectivity index (χ0n) is 18.2. The molecule has 2 heterocycles. The van der Waals surface area contributed by atoms with E-state index in [9.17, 15) is 0 Å². The monoisotopic (exact) mass is 454 g/mol. The predicted octanol–water partition coefficient (Wildman–Crippen LogP) is 8.81. The average Bonchev–Trinajstić information content (AvgIpc) is 3.22. The molecule has 0 N–H and O–H groups in total. The Balaban J connectivity index is 1.76. The number of rotatable bonds is 2. The van der Waals surface area contributed by atoms with Gasteiger partial charge >= 0.3 is 0 Å². The molecule has 0 aliphatic rings. The summed E-state index contributed by atoms with van der Waals surface area (Å²) in [4.78, 5) is 5.11. The lowest BCUT2D eigenvalue weighted by Crippen LogP contribution is -1.94. The van der Waals surface area contributed by atoms with Gasteiger partial charge in [-0.1, -0.05) is 84.4 Å². The number of para-hydroxylation sites is 2. The van der Waals surface area contributed by atoms with Crippen LogP contribution in [0.15, 0.2) is 115 Å². The summed E-state index contributed by atoms with van der Waals surface area (Å²) in [6.07, 6.45) is 0. The lowest BCUT2D eigenvalue weighted by atomic mass is 9.96. The number of halogens is 1. The van der Waals surface area contributed by atoms with Gasteiger partial charge in [0.1, 0.15) is 0 Å². The molecular weight excluding hydrogens is 436 g/mol. The highest BCUT2D eigenvalue weighted by Crippen LogP contribution is 2.42. The average molecular weight is 455 g/mol. The summed E-state index contributed by atoms with van der Waals surface area (Å²) in [5, 5.41) is 6.59. The first-order valence-electron chi connectivity index (χ1n) is 11.4. The van der Waals surface area contributed by atoms with Crippen molar-refractivity contribution in [3.8, 4) is 16.9 Å². The SMILES string of the molecule is Clc1ccc2c(c1)c1c3c(ccc1n2-c1ccccc1)c(-c1ccccc1)nc1ccccc13. The smallest absolute Gasteiger partial charge is 0.0788 e. The molecule has 0 unspecified atom stereocenters. The Morgan fingerprint density at radius 1 is 0.559 bits per heavy atom. The summed E-state index contributed by atoms with van der Waals surface area (Å²) >= 11 is 6.55. The van der Waals surface area contributed by atoms with Gasteiger partial charge in [-0.3, -0.25) is 0 Å². The van der Waals surface area contributed by atoms with Crippen LogP contribution >= 0.6 is 11.6 Å². The van der Waals surface area contributed by atoms with Gasteiger partial charge < -0.3 is 4.57 Å². The van der Waals surface area contributed by atoms with Crippen LogP contribution in [0.1, 0.15) is 0 Å². The minimum atomic E-state index is 0.734. The second kappa shape index (κ2) is 7.44. The molecule has 0 aliphatic heterocycles. The predicted molar refractivity (Wildman–Crippen MR) is 144 cm³/mol. The third kappa shape index (κ3) is 2.79. The first-order valence-corrected chi connectivity index (χ1v) is 11.7. The molecule has 7 aromatic rings. The Morgan fingerprint density at radius 3 is 2.09 bits per heavy atom. The molecule has 7 rings (SSSR count). The van der Waals surface area contributed by atoms with Gasteiger partial charge in [0.2, 0.25) is 0 Å². The van der Waals surface area contributed by atoms with Crippen molar-refractivity contribution in [2.24, 2.45) is 0 Å². The highest BCUT2D eigenvalue weighted by Gasteiger charge is 2.19. The van der Waals surface area contributed by atoms with E-state index in [0.717, 1.165) is 54.7 Å². The molecule has 2 nitrogen and oxygen atoms in total. The van der Waals surface area contributed by atoms with Crippen molar-refractivity contribution in [2.45, 2.75) is 0 Å². The van der Waals surface area contributed by atoms with Crippen molar-refractivity contribution >= 4 is 55.1 Å². The fraction of sp³-hybridized carbons (Fsp3) is 0. The van der Waals surface area contributed by atoms with E-state index < -0.39 is 0 Å². The molecule has 0 radical (unpaired) electrons. The molecule has 3 heteroatoms. The molecule has 0 bridgehead atoms. The minimum Gasteiger partial charge on any atom is -0.309 e. The summed E-state index contributed by atoms with van der Waals surface area (Å²) in [7, 11) is 0. The van der Waals surface area contributed by atoms with Crippen molar-refractivity contribution in [1.82, 2.24) is 9.55 Å². The normalized spacial score (nSPS) is 11.7. The Hall–Kier alpha value is -4.14. The maximum atomic E-state index is 6.55. The van der Waals surface area contributed by atoms with E-state index in [0.29, 0.717) is 0 Å². The van der Waals surface area contributed by atoms with Crippen LogP contribution in [0, 0.1) is 0 Å². The molecule has 0 saturated heterocycles. The molecule has 0 spiro atoms. The molecule has 0 atom stereocenters. The van der Waals surface area contributed by atoms with Gasteiger partial charge in [0.25, 0.3) is 0 Å². The van der Waals surface area contributed by atoms with Gasteiger partial charge in [-0.2, -0.15) is 0 Å². The van der Waals surface area contributed by atoms with E-state index in [-0.39, 0.29) is 0 Å². The van der Waals surface area contributed by atoms with Crippen LogP contribution in [0.4, 0.5) is 0 Å². The van der Waals surface area contributed by atoms with Crippen LogP contribution in [-0.2, 0) is 0 Å². The molecule has 34 heavy (non-hydrogen) atoms. The third-order valence-corrected chi connectivity index (χ3v) is 6.85. The molecule has 160 valence electrons. The Kier molecular flexibility index (Phi) is 4.23. The molecule has 0 aliphatic carbocycles. The number of pyridine rings is 1. The Morgan fingerprint density at radius 2 is 1.26 bits per heavy atom. The van der Waals surface area contributed by atoms with Crippen LogP contribution in [0.3, 0.4) is 0 Å². The zero-order valence-corrected chi connectivity index (χ0v) is 19.0. The number of aromatic nitrogens is 2. The van der Waals surface area contributed by atoms with Crippen molar-refractivity contribution in [3.05, 3.63) is 120 Å². The Labute approximate surface area is 201 Å². The van der Waals surface area contributed by atoms with E-state index in [4.69, 9.17) is 16.6 Å². The number of hydrogen-bond donors (Lipinski definition) is 0. The largest absolute Gasteiger partial charge is 0.309 e. The van der Waals surface area contributed by atoms with Gasteiger partial charge in [-0.15, -0.1) is 0 Å². The number of fused-ring (bicyclic) bond motifs is 7. The molecule has 0 amide bonds. The van der Waals surface area contributed by atoms with Crippen LogP contribution in [0.2, 0.25) is 5.02 Å². The quantitative estimate of drug-likeness (QED) is 0.238. The first kappa shape index (κ1) is 19.3. The van der Waals surface area contributed by atoms with Crippen LogP contribution in [-0.4, -0.2) is 9.55 Å². The molecular formula is C31H19ClN2. The third-order valence-electron chi connectivity index (χ3n) is 6.62. The fourth-order valence-electron chi connectivity index (χ4n) is 5.20. The lowest BCUT2D eigenvalue weighted by molar-refractivity contribution is 1.18. The summed E-state index contributed by atoms with van der Waals surface area (Å²) in [5.41, 5.74) is 6.53. The van der Waals surface area contributed by atoms with Gasteiger partial charge in [-0.25, -0.2) is 4.98 Å². The van der Waals surface area contributed by atoms with Gasteiger partial charge in [0.05, 0.1) is 22.2 Å². The molecule has 0 saturated carbocycles. The van der Waals surface area contributed by atoms with Crippen LogP contribution in [0.5, 0.6) is 0 Å². The Bertz CT molecular complexity index is 1850. The van der Waals surface area contributed by atoms with Crippen LogP contribution < -0.4 is 0 Å². The van der Waals surface area contributed by atoms with Gasteiger partial charge in [0.15, 0.2) is 0 Å². The van der Waals surface area contributed by atoms with Gasteiger partial charge in [-0.05, 0) is 42.5 Å². The van der Waals surface area contributed by atoms with Crippen molar-refractivity contribution in [2.75, 3.05) is 0 Å². The van der Waals surface area contributed by atoms with Crippen molar-refractivity contribution in [3.63, 3.8) is 0 Å². The van der Waals surface area contributed by atoms with Gasteiger partial charge in [0, 0.05) is 43.2 Å². The maximum Gasteiger partial charge on any atom is 0.0788 e. The van der Waals surface area contributed by atoms with E-state index in [1.165, 1.54) is 10.8 Å². The molecule has 5 aromatic carbocycles. The summed E-state index contributed by atoms with van der Waals surface area (Å²) < 4.78 is 2.33. The summed E-state index contributed by atoms with van der Waals surface area (Å²) in [6.45, 7) is 0. The second-order valence-electron chi connectivity index (χ2n) is 8.56. The molecule has 2 aromatic heterocycles. The van der Waals surface area contributed by atoms with E-state index in [1.54, 1.807) is 0 Å². The minimum absolute atomic E-state index is 0.734. The van der Waals surface area contributed by atoms with Crippen LogP contribution in [0.25, 0.3) is 60.4 Å². The van der Waals surface area contributed by atoms with Crippen molar-refractivity contribution in [1.29, 1.82) is 0 Å².